The predicted molar refractivity (Wildman–Crippen MR) is 106 cm³/mol. The van der Waals surface area contributed by atoms with Crippen molar-refractivity contribution >= 4 is 35.8 Å². The lowest BCUT2D eigenvalue weighted by Gasteiger charge is -2.13. The van der Waals surface area contributed by atoms with Crippen LogP contribution in [0.3, 0.4) is 0 Å². The highest BCUT2D eigenvalue weighted by atomic mass is 16.6. The second-order valence-corrected chi connectivity index (χ2v) is 6.92. The zero-order valence-corrected chi connectivity index (χ0v) is 16.6. The van der Waals surface area contributed by atoms with Gasteiger partial charge in [0.05, 0.1) is 35.5 Å². The number of fused-ring (bicyclic) bond motifs is 2. The molecule has 2 aliphatic heterocycles. The van der Waals surface area contributed by atoms with Gasteiger partial charge in [0.15, 0.2) is 0 Å². The molecular weight excluding hydrogens is 420 g/mol. The van der Waals surface area contributed by atoms with E-state index < -0.39 is 35.8 Å². The molecule has 0 bridgehead atoms. The van der Waals surface area contributed by atoms with Crippen LogP contribution in [0.2, 0.25) is 0 Å². The molecule has 0 fully saturated rings. The van der Waals surface area contributed by atoms with E-state index in [9.17, 15) is 28.8 Å². The summed E-state index contributed by atoms with van der Waals surface area (Å²) in [7, 11) is 0. The van der Waals surface area contributed by atoms with Crippen molar-refractivity contribution in [2.75, 3.05) is 13.2 Å². The maximum Gasteiger partial charge on any atom is 0.424 e. The number of carbonyl (C=O) groups excluding carboxylic acids is 6. The highest BCUT2D eigenvalue weighted by Gasteiger charge is 2.41. The number of ether oxygens (including phenoxy) is 2. The molecule has 0 saturated carbocycles. The highest BCUT2D eigenvalue weighted by Crippen LogP contribution is 2.24. The SMILES string of the molecule is O=C(OCCCCOC(=O)N1C(=O)c2ccccc2C1=O)N1C(=O)c2ccccc2C1=O. The number of hydrogen-bond donors (Lipinski definition) is 0. The minimum atomic E-state index is -1.08. The van der Waals surface area contributed by atoms with Crippen LogP contribution in [0, 0.1) is 0 Å². The van der Waals surface area contributed by atoms with Gasteiger partial charge in [0, 0.05) is 0 Å². The first-order chi connectivity index (χ1) is 15.4. The van der Waals surface area contributed by atoms with Crippen LogP contribution >= 0.6 is 0 Å². The zero-order valence-electron chi connectivity index (χ0n) is 16.6. The van der Waals surface area contributed by atoms with Crippen LogP contribution in [0.15, 0.2) is 48.5 Å². The Balaban J connectivity index is 1.20. The quantitative estimate of drug-likeness (QED) is 0.517. The Hall–Kier alpha value is -4.34. The molecule has 10 heteroatoms. The van der Waals surface area contributed by atoms with Crippen LogP contribution in [-0.4, -0.2) is 58.8 Å². The standard InChI is InChI=1S/C22H16N2O8/c25-17-13-7-1-2-8-14(13)18(26)23(17)21(29)31-11-5-6-12-32-22(30)24-19(27)15-9-3-4-10-16(15)20(24)28/h1-4,7-10H,5-6,11-12H2. The average Bonchev–Trinajstić information content (AvgIpc) is 3.21. The van der Waals surface area contributed by atoms with Gasteiger partial charge in [0.1, 0.15) is 0 Å². The van der Waals surface area contributed by atoms with Crippen LogP contribution in [-0.2, 0) is 9.47 Å². The summed E-state index contributed by atoms with van der Waals surface area (Å²) in [6, 6.07) is 12.1. The molecule has 2 aliphatic rings. The normalized spacial score (nSPS) is 14.5. The Kier molecular flexibility index (Phi) is 5.50. The van der Waals surface area contributed by atoms with Crippen molar-refractivity contribution in [1.82, 2.24) is 9.80 Å². The van der Waals surface area contributed by atoms with Gasteiger partial charge in [-0.1, -0.05) is 24.3 Å². The molecular formula is C22H16N2O8. The Morgan fingerprint density at radius 1 is 0.562 bits per heavy atom. The van der Waals surface area contributed by atoms with E-state index in [1.54, 1.807) is 24.3 Å². The number of imide groups is 6. The molecule has 2 aromatic carbocycles. The predicted octanol–water partition coefficient (Wildman–Crippen LogP) is 2.63. The van der Waals surface area contributed by atoms with Crippen LogP contribution in [0.25, 0.3) is 0 Å². The van der Waals surface area contributed by atoms with Crippen molar-refractivity contribution in [2.45, 2.75) is 12.8 Å². The molecule has 4 rings (SSSR count). The number of carbonyl (C=O) groups is 6. The van der Waals surface area contributed by atoms with Gasteiger partial charge >= 0.3 is 12.2 Å². The van der Waals surface area contributed by atoms with Gasteiger partial charge in [-0.05, 0) is 37.1 Å². The molecule has 10 nitrogen and oxygen atoms in total. The van der Waals surface area contributed by atoms with E-state index in [1.165, 1.54) is 24.3 Å². The first-order valence-electron chi connectivity index (χ1n) is 9.71. The summed E-state index contributed by atoms with van der Waals surface area (Å²) in [4.78, 5) is 74.0. The summed E-state index contributed by atoms with van der Waals surface area (Å²) in [5.41, 5.74) is 0.535. The van der Waals surface area contributed by atoms with Crippen molar-refractivity contribution < 1.29 is 38.2 Å². The van der Waals surface area contributed by atoms with E-state index in [0.29, 0.717) is 9.80 Å². The van der Waals surface area contributed by atoms with Gasteiger partial charge in [-0.25, -0.2) is 9.59 Å². The van der Waals surface area contributed by atoms with E-state index in [4.69, 9.17) is 9.47 Å². The summed E-state index contributed by atoms with van der Waals surface area (Å²) in [5.74, 6) is -2.98. The van der Waals surface area contributed by atoms with Crippen molar-refractivity contribution in [3.05, 3.63) is 70.8 Å². The molecule has 0 atom stereocenters. The van der Waals surface area contributed by atoms with Crippen LogP contribution in [0.5, 0.6) is 0 Å². The number of hydrogen-bond acceptors (Lipinski definition) is 8. The van der Waals surface area contributed by atoms with Gasteiger partial charge in [-0.2, -0.15) is 9.80 Å². The Bertz CT molecular complexity index is 1010. The third kappa shape index (κ3) is 3.51. The lowest BCUT2D eigenvalue weighted by molar-refractivity contribution is 0.0534. The van der Waals surface area contributed by atoms with Crippen LogP contribution in [0.4, 0.5) is 9.59 Å². The van der Waals surface area contributed by atoms with Gasteiger partial charge in [-0.3, -0.25) is 19.2 Å². The first-order valence-corrected chi connectivity index (χ1v) is 9.71. The van der Waals surface area contributed by atoms with Crippen molar-refractivity contribution in [2.24, 2.45) is 0 Å². The van der Waals surface area contributed by atoms with E-state index in [0.717, 1.165) is 0 Å². The number of unbranched alkanes of at least 4 members (excludes halogenated alkanes) is 1. The fraction of sp³-hybridized carbons (Fsp3) is 0.182. The number of rotatable bonds is 5. The van der Waals surface area contributed by atoms with Crippen molar-refractivity contribution in [3.8, 4) is 0 Å². The molecule has 0 aliphatic carbocycles. The van der Waals surface area contributed by atoms with E-state index >= 15 is 0 Å². The largest absolute Gasteiger partial charge is 0.449 e. The van der Waals surface area contributed by atoms with Crippen LogP contribution in [0.1, 0.15) is 54.3 Å². The molecule has 0 unspecified atom stereocenters. The zero-order chi connectivity index (χ0) is 22.8. The number of nitrogens with zero attached hydrogens (tertiary/aromatic N) is 2. The molecule has 32 heavy (non-hydrogen) atoms. The summed E-state index contributed by atoms with van der Waals surface area (Å²) in [5, 5.41) is 0. The third-order valence-electron chi connectivity index (χ3n) is 4.94. The molecule has 2 heterocycles. The van der Waals surface area contributed by atoms with Gasteiger partial charge in [0.2, 0.25) is 0 Å². The lowest BCUT2D eigenvalue weighted by atomic mass is 10.1. The van der Waals surface area contributed by atoms with Gasteiger partial charge in [-0.15, -0.1) is 0 Å². The van der Waals surface area contributed by atoms with E-state index in [1.807, 2.05) is 0 Å². The molecule has 2 aromatic rings. The summed E-state index contributed by atoms with van der Waals surface area (Å²) >= 11 is 0. The fourth-order valence-corrected chi connectivity index (χ4v) is 3.36. The lowest BCUT2D eigenvalue weighted by Crippen LogP contribution is -2.37. The van der Waals surface area contributed by atoms with Crippen molar-refractivity contribution in [1.29, 1.82) is 0 Å². The minimum Gasteiger partial charge on any atom is -0.449 e. The number of benzene rings is 2. The minimum absolute atomic E-state index is 0.128. The third-order valence-corrected chi connectivity index (χ3v) is 4.94. The summed E-state index contributed by atoms with van der Waals surface area (Å²) in [6.07, 6.45) is -1.66. The van der Waals surface area contributed by atoms with E-state index in [2.05, 4.69) is 0 Å². The smallest absolute Gasteiger partial charge is 0.424 e. The Labute approximate surface area is 181 Å². The van der Waals surface area contributed by atoms with Crippen LogP contribution < -0.4 is 0 Å². The van der Waals surface area contributed by atoms with E-state index in [-0.39, 0.29) is 48.3 Å². The Morgan fingerprint density at radius 3 is 1.12 bits per heavy atom. The maximum absolute atomic E-state index is 12.2. The molecule has 0 radical (unpaired) electrons. The first kappa shape index (κ1) is 20.9. The molecule has 6 amide bonds. The summed E-state index contributed by atoms with van der Waals surface area (Å²) < 4.78 is 9.93. The topological polar surface area (TPSA) is 127 Å². The number of amides is 6. The van der Waals surface area contributed by atoms with Gasteiger partial charge < -0.3 is 9.47 Å². The summed E-state index contributed by atoms with van der Waals surface area (Å²) in [6.45, 7) is -0.256. The average molecular weight is 436 g/mol. The molecule has 0 saturated heterocycles. The highest BCUT2D eigenvalue weighted by molar-refractivity contribution is 6.28. The maximum atomic E-state index is 12.2. The second-order valence-electron chi connectivity index (χ2n) is 6.92. The molecule has 0 aromatic heterocycles. The molecule has 0 spiro atoms. The van der Waals surface area contributed by atoms with Crippen molar-refractivity contribution in [3.63, 3.8) is 0 Å². The van der Waals surface area contributed by atoms with Gasteiger partial charge in [0.25, 0.3) is 23.6 Å². The monoisotopic (exact) mass is 436 g/mol. The Morgan fingerprint density at radius 2 is 0.844 bits per heavy atom. The molecule has 162 valence electrons. The molecule has 0 N–H and O–H groups in total. The second kappa shape index (κ2) is 8.42. The fourth-order valence-electron chi connectivity index (χ4n) is 3.36.